The van der Waals surface area contributed by atoms with Gasteiger partial charge in [0.2, 0.25) is 11.8 Å². The summed E-state index contributed by atoms with van der Waals surface area (Å²) in [5.41, 5.74) is 0.698. The summed E-state index contributed by atoms with van der Waals surface area (Å²) in [6.07, 6.45) is 0.677. The van der Waals surface area contributed by atoms with Gasteiger partial charge in [-0.05, 0) is 93.4 Å². The van der Waals surface area contributed by atoms with Gasteiger partial charge in [-0.15, -0.1) is 0 Å². The fourth-order valence-corrected chi connectivity index (χ4v) is 5.90. The van der Waals surface area contributed by atoms with Gasteiger partial charge in [-0.25, -0.2) is 12.8 Å². The monoisotopic (exact) mass is 637 g/mol. The zero-order chi connectivity index (χ0) is 31.0. The highest BCUT2D eigenvalue weighted by Crippen LogP contribution is 2.28. The van der Waals surface area contributed by atoms with E-state index in [1.807, 2.05) is 20.8 Å². The zero-order valence-electron chi connectivity index (χ0n) is 23.8. The average molecular weight is 639 g/mol. The van der Waals surface area contributed by atoms with Crippen LogP contribution in [0.2, 0.25) is 10.0 Å². The second kappa shape index (κ2) is 14.7. The van der Waals surface area contributed by atoms with E-state index in [9.17, 15) is 22.4 Å². The molecule has 0 saturated heterocycles. The number of nitrogens with zero attached hydrogens (tertiary/aromatic N) is 2. The van der Waals surface area contributed by atoms with Crippen LogP contribution in [0.3, 0.4) is 0 Å². The van der Waals surface area contributed by atoms with Crippen LogP contribution in [0.15, 0.2) is 71.6 Å². The van der Waals surface area contributed by atoms with Gasteiger partial charge < -0.3 is 15.0 Å². The number of halogens is 3. The van der Waals surface area contributed by atoms with Gasteiger partial charge in [0.25, 0.3) is 10.0 Å². The Morgan fingerprint density at radius 3 is 2.19 bits per heavy atom. The summed E-state index contributed by atoms with van der Waals surface area (Å²) in [5, 5.41) is 3.56. The summed E-state index contributed by atoms with van der Waals surface area (Å²) in [6, 6.07) is 14.2. The number of benzene rings is 3. The maximum atomic E-state index is 14.0. The molecule has 0 aliphatic carbocycles. The summed E-state index contributed by atoms with van der Waals surface area (Å²) in [6.45, 7) is 6.82. The third-order valence-corrected chi connectivity index (χ3v) is 9.02. The highest BCUT2D eigenvalue weighted by atomic mass is 35.5. The van der Waals surface area contributed by atoms with E-state index in [2.05, 4.69) is 5.32 Å². The molecule has 226 valence electrons. The van der Waals surface area contributed by atoms with Crippen molar-refractivity contribution in [2.24, 2.45) is 0 Å². The number of carbonyl (C=O) groups is 2. The topological polar surface area (TPSA) is 96.0 Å². The molecule has 0 bridgehead atoms. The van der Waals surface area contributed by atoms with Crippen LogP contribution in [-0.4, -0.2) is 50.4 Å². The summed E-state index contributed by atoms with van der Waals surface area (Å²) in [5.74, 6) is -1.16. The van der Waals surface area contributed by atoms with E-state index in [1.54, 1.807) is 31.2 Å². The SMILES string of the molecule is CCOc1ccc(N(CC(=O)N(Cc2ccc(Cl)cc2Cl)[C@H](C)C(=O)N[C@H](C)CC)S(=O)(=O)c2ccc(F)cc2)cc1. The Morgan fingerprint density at radius 2 is 1.62 bits per heavy atom. The van der Waals surface area contributed by atoms with Crippen LogP contribution in [0.1, 0.15) is 39.7 Å². The first-order valence-corrected chi connectivity index (χ1v) is 15.6. The second-order valence-corrected chi connectivity index (χ2v) is 12.3. The zero-order valence-corrected chi connectivity index (χ0v) is 26.1. The Balaban J connectivity index is 2.05. The van der Waals surface area contributed by atoms with Gasteiger partial charge in [0.05, 0.1) is 17.2 Å². The molecule has 0 radical (unpaired) electrons. The molecule has 0 saturated carbocycles. The maximum absolute atomic E-state index is 14.0. The number of rotatable bonds is 13. The lowest BCUT2D eigenvalue weighted by atomic mass is 10.1. The minimum absolute atomic E-state index is 0.0857. The molecule has 2 atom stereocenters. The number of amides is 2. The first-order valence-electron chi connectivity index (χ1n) is 13.4. The van der Waals surface area contributed by atoms with Crippen LogP contribution in [0.25, 0.3) is 0 Å². The Kier molecular flexibility index (Phi) is 11.6. The van der Waals surface area contributed by atoms with Crippen LogP contribution in [-0.2, 0) is 26.2 Å². The van der Waals surface area contributed by atoms with Crippen molar-refractivity contribution in [2.45, 2.75) is 57.6 Å². The van der Waals surface area contributed by atoms with E-state index in [0.717, 1.165) is 28.6 Å². The molecule has 0 spiro atoms. The summed E-state index contributed by atoms with van der Waals surface area (Å²) in [4.78, 5) is 28.2. The molecule has 42 heavy (non-hydrogen) atoms. The Labute approximate surface area is 256 Å². The Morgan fingerprint density at radius 1 is 0.976 bits per heavy atom. The fraction of sp³-hybridized carbons (Fsp3) is 0.333. The number of hydrogen-bond acceptors (Lipinski definition) is 5. The molecule has 0 heterocycles. The molecule has 0 aromatic heterocycles. The molecule has 3 aromatic carbocycles. The molecule has 3 aromatic rings. The first kappa shape index (κ1) is 33.2. The fourth-order valence-electron chi connectivity index (χ4n) is 4.02. The van der Waals surface area contributed by atoms with Crippen LogP contribution < -0.4 is 14.4 Å². The minimum atomic E-state index is -4.35. The van der Waals surface area contributed by atoms with Crippen LogP contribution in [0.5, 0.6) is 5.75 Å². The van der Waals surface area contributed by atoms with E-state index in [4.69, 9.17) is 27.9 Å². The molecular formula is C30H34Cl2FN3O5S. The number of sulfonamides is 1. The van der Waals surface area contributed by atoms with E-state index in [1.165, 1.54) is 23.1 Å². The van der Waals surface area contributed by atoms with Gasteiger partial charge >= 0.3 is 0 Å². The van der Waals surface area contributed by atoms with Crippen molar-refractivity contribution in [3.05, 3.63) is 88.2 Å². The van der Waals surface area contributed by atoms with Gasteiger partial charge in [-0.3, -0.25) is 13.9 Å². The number of hydrogen-bond donors (Lipinski definition) is 1. The van der Waals surface area contributed by atoms with Crippen molar-refractivity contribution >= 4 is 50.7 Å². The highest BCUT2D eigenvalue weighted by Gasteiger charge is 2.33. The number of carbonyl (C=O) groups excluding carboxylic acids is 2. The summed E-state index contributed by atoms with van der Waals surface area (Å²) < 4.78 is 47.7. The number of nitrogens with one attached hydrogen (secondary N) is 1. The largest absolute Gasteiger partial charge is 0.494 e. The van der Waals surface area contributed by atoms with E-state index < -0.39 is 40.2 Å². The van der Waals surface area contributed by atoms with Gasteiger partial charge in [0.1, 0.15) is 24.2 Å². The number of ether oxygens (including phenoxy) is 1. The third-order valence-electron chi connectivity index (χ3n) is 6.64. The molecule has 0 fully saturated rings. The van der Waals surface area contributed by atoms with Crippen molar-refractivity contribution in [3.8, 4) is 5.75 Å². The Bertz CT molecular complexity index is 1490. The highest BCUT2D eigenvalue weighted by molar-refractivity contribution is 7.92. The maximum Gasteiger partial charge on any atom is 0.264 e. The molecular weight excluding hydrogens is 604 g/mol. The van der Waals surface area contributed by atoms with E-state index in [-0.39, 0.29) is 28.2 Å². The molecule has 1 N–H and O–H groups in total. The van der Waals surface area contributed by atoms with Gasteiger partial charge in [0.15, 0.2) is 0 Å². The van der Waals surface area contributed by atoms with Crippen LogP contribution in [0.4, 0.5) is 10.1 Å². The predicted octanol–water partition coefficient (Wildman–Crippen LogP) is 6.06. The van der Waals surface area contributed by atoms with Crippen molar-refractivity contribution in [2.75, 3.05) is 17.5 Å². The molecule has 0 aliphatic rings. The lowest BCUT2D eigenvalue weighted by Gasteiger charge is -2.32. The average Bonchev–Trinajstić information content (AvgIpc) is 2.95. The summed E-state index contributed by atoms with van der Waals surface area (Å²) >= 11 is 12.5. The van der Waals surface area contributed by atoms with E-state index in [0.29, 0.717) is 29.4 Å². The standard InChI is InChI=1S/C30H34Cl2FN3O5S/c1-5-20(3)34-30(38)21(4)35(18-22-7-8-23(31)17-28(22)32)29(37)19-36(25-11-13-26(14-12-25)41-6-2)42(39,40)27-15-9-24(33)10-16-27/h7-17,20-21H,5-6,18-19H2,1-4H3,(H,34,38)/t20-,21-/m1/s1. The lowest BCUT2D eigenvalue weighted by Crippen LogP contribution is -2.52. The van der Waals surface area contributed by atoms with Crippen molar-refractivity contribution in [3.63, 3.8) is 0 Å². The third kappa shape index (κ3) is 8.36. The second-order valence-electron chi connectivity index (χ2n) is 9.64. The molecule has 0 unspecified atom stereocenters. The van der Waals surface area contributed by atoms with Crippen molar-refractivity contribution in [1.29, 1.82) is 0 Å². The quantitative estimate of drug-likeness (QED) is 0.246. The normalized spacial score (nSPS) is 12.7. The van der Waals surface area contributed by atoms with Gasteiger partial charge in [0, 0.05) is 22.6 Å². The van der Waals surface area contributed by atoms with Gasteiger partial charge in [-0.1, -0.05) is 36.2 Å². The summed E-state index contributed by atoms with van der Waals surface area (Å²) in [7, 11) is -4.35. The predicted molar refractivity (Wildman–Crippen MR) is 163 cm³/mol. The molecule has 2 amide bonds. The first-order chi connectivity index (χ1) is 19.9. The molecule has 8 nitrogen and oxygen atoms in total. The smallest absolute Gasteiger partial charge is 0.264 e. The minimum Gasteiger partial charge on any atom is -0.494 e. The lowest BCUT2D eigenvalue weighted by molar-refractivity contribution is -0.139. The van der Waals surface area contributed by atoms with Gasteiger partial charge in [-0.2, -0.15) is 0 Å². The molecule has 12 heteroatoms. The number of anilines is 1. The van der Waals surface area contributed by atoms with Crippen molar-refractivity contribution in [1.82, 2.24) is 10.2 Å². The molecule has 0 aliphatic heterocycles. The van der Waals surface area contributed by atoms with E-state index >= 15 is 0 Å². The van der Waals surface area contributed by atoms with Crippen LogP contribution in [0, 0.1) is 5.82 Å². The molecule has 3 rings (SSSR count). The van der Waals surface area contributed by atoms with Crippen molar-refractivity contribution < 1.29 is 27.1 Å². The Hall–Kier alpha value is -3.34. The van der Waals surface area contributed by atoms with Crippen LogP contribution >= 0.6 is 23.2 Å².